The van der Waals surface area contributed by atoms with E-state index in [0.717, 1.165) is 17.9 Å². The molecule has 0 unspecified atom stereocenters. The van der Waals surface area contributed by atoms with Gasteiger partial charge in [0.1, 0.15) is 6.33 Å². The first kappa shape index (κ1) is 12.6. The number of aromatic nitrogens is 4. The molecule has 0 atom stereocenters. The summed E-state index contributed by atoms with van der Waals surface area (Å²) in [5.41, 5.74) is 8.72. The lowest BCUT2D eigenvalue weighted by molar-refractivity contribution is 0.965. The van der Waals surface area contributed by atoms with Crippen LogP contribution in [-0.2, 0) is 13.0 Å². The second-order valence-electron chi connectivity index (χ2n) is 4.55. The smallest absolute Gasteiger partial charge is 0.203 e. The molecule has 3 aromatic rings. The highest BCUT2D eigenvalue weighted by Crippen LogP contribution is 2.12. The molecule has 2 heterocycles. The molecule has 0 saturated carbocycles. The van der Waals surface area contributed by atoms with E-state index >= 15 is 0 Å². The third-order valence-electron chi connectivity index (χ3n) is 3.13. The minimum atomic E-state index is 0.677. The molecule has 102 valence electrons. The average Bonchev–Trinajstić information content (AvgIpc) is 2.96. The minimum absolute atomic E-state index is 0.677. The molecular weight excluding hydrogens is 252 g/mol. The van der Waals surface area contributed by atoms with Gasteiger partial charge in [0.25, 0.3) is 0 Å². The van der Waals surface area contributed by atoms with Crippen LogP contribution in [-0.4, -0.2) is 26.1 Å². The molecule has 0 bridgehead atoms. The summed E-state index contributed by atoms with van der Waals surface area (Å²) < 4.78 is 1.83. The number of hydrogen-bond donors (Lipinski definition) is 2. The van der Waals surface area contributed by atoms with Crippen molar-refractivity contribution in [1.29, 1.82) is 0 Å². The van der Waals surface area contributed by atoms with Crippen LogP contribution in [0.1, 0.15) is 11.1 Å². The first-order chi connectivity index (χ1) is 9.86. The zero-order chi connectivity index (χ0) is 13.8. The van der Waals surface area contributed by atoms with Gasteiger partial charge in [0.15, 0.2) is 5.82 Å². The van der Waals surface area contributed by atoms with Gasteiger partial charge in [-0.15, -0.1) is 10.2 Å². The van der Waals surface area contributed by atoms with Gasteiger partial charge in [0.2, 0.25) is 5.65 Å². The van der Waals surface area contributed by atoms with Gasteiger partial charge < -0.3 is 11.1 Å². The fraction of sp³-hybridized carbons (Fsp3) is 0.214. The van der Waals surface area contributed by atoms with E-state index in [4.69, 9.17) is 5.73 Å². The van der Waals surface area contributed by atoms with Crippen molar-refractivity contribution in [3.63, 3.8) is 0 Å². The summed E-state index contributed by atoms with van der Waals surface area (Å²) in [6.07, 6.45) is 6.11. The molecule has 0 amide bonds. The first-order valence-electron chi connectivity index (χ1n) is 6.53. The van der Waals surface area contributed by atoms with Crippen molar-refractivity contribution in [2.45, 2.75) is 13.0 Å². The maximum Gasteiger partial charge on any atom is 0.203 e. The molecule has 1 aromatic carbocycles. The molecule has 0 aliphatic rings. The van der Waals surface area contributed by atoms with Crippen molar-refractivity contribution in [3.05, 3.63) is 54.1 Å². The molecule has 0 radical (unpaired) electrons. The predicted molar refractivity (Wildman–Crippen MR) is 77.3 cm³/mol. The van der Waals surface area contributed by atoms with Crippen LogP contribution in [0.15, 0.2) is 43.0 Å². The standard InChI is InChI=1S/C14H16N6/c15-6-5-11-1-3-12(4-2-11)9-17-13-14-19-18-10-20(14)8-7-16-13/h1-4,7-8,10H,5-6,9,15H2,(H,16,17). The summed E-state index contributed by atoms with van der Waals surface area (Å²) in [4.78, 5) is 4.29. The maximum absolute atomic E-state index is 5.54. The summed E-state index contributed by atoms with van der Waals surface area (Å²) in [7, 11) is 0. The van der Waals surface area contributed by atoms with E-state index in [1.54, 1.807) is 12.5 Å². The molecule has 0 aliphatic carbocycles. The number of hydrogen-bond acceptors (Lipinski definition) is 5. The van der Waals surface area contributed by atoms with Crippen LogP contribution in [0.4, 0.5) is 5.82 Å². The maximum atomic E-state index is 5.54. The Hall–Kier alpha value is -2.47. The van der Waals surface area contributed by atoms with E-state index < -0.39 is 0 Å². The highest BCUT2D eigenvalue weighted by Gasteiger charge is 2.04. The van der Waals surface area contributed by atoms with Crippen LogP contribution in [0.3, 0.4) is 0 Å². The summed E-state index contributed by atoms with van der Waals surface area (Å²) in [5.74, 6) is 0.732. The molecule has 0 saturated heterocycles. The van der Waals surface area contributed by atoms with Crippen molar-refractivity contribution < 1.29 is 0 Å². The number of benzene rings is 1. The Morgan fingerprint density at radius 3 is 2.75 bits per heavy atom. The Morgan fingerprint density at radius 2 is 1.95 bits per heavy atom. The molecule has 20 heavy (non-hydrogen) atoms. The quantitative estimate of drug-likeness (QED) is 0.727. The van der Waals surface area contributed by atoms with Crippen molar-refractivity contribution in [3.8, 4) is 0 Å². The van der Waals surface area contributed by atoms with Crippen LogP contribution < -0.4 is 11.1 Å². The van der Waals surface area contributed by atoms with E-state index in [0.29, 0.717) is 13.1 Å². The molecular formula is C14H16N6. The third kappa shape index (κ3) is 2.60. The second kappa shape index (κ2) is 5.66. The summed E-state index contributed by atoms with van der Waals surface area (Å²) >= 11 is 0. The van der Waals surface area contributed by atoms with Gasteiger partial charge in [-0.2, -0.15) is 0 Å². The van der Waals surface area contributed by atoms with Gasteiger partial charge in [0, 0.05) is 18.9 Å². The predicted octanol–water partition coefficient (Wildman–Crippen LogP) is 1.24. The van der Waals surface area contributed by atoms with Crippen molar-refractivity contribution in [2.24, 2.45) is 5.73 Å². The van der Waals surface area contributed by atoms with E-state index in [9.17, 15) is 0 Å². The molecule has 3 N–H and O–H groups in total. The summed E-state index contributed by atoms with van der Waals surface area (Å²) in [6.45, 7) is 1.37. The Kier molecular flexibility index (Phi) is 3.56. The zero-order valence-corrected chi connectivity index (χ0v) is 11.0. The number of nitrogens with one attached hydrogen (secondary N) is 1. The van der Waals surface area contributed by atoms with E-state index in [1.807, 2.05) is 10.6 Å². The van der Waals surface area contributed by atoms with Crippen LogP contribution in [0, 0.1) is 0 Å². The lowest BCUT2D eigenvalue weighted by Crippen LogP contribution is -2.05. The molecule has 6 heteroatoms. The van der Waals surface area contributed by atoms with E-state index in [2.05, 4.69) is 44.8 Å². The summed E-state index contributed by atoms with van der Waals surface area (Å²) in [5, 5.41) is 11.2. The van der Waals surface area contributed by atoms with E-state index in [-0.39, 0.29) is 0 Å². The number of rotatable bonds is 5. The number of nitrogens with two attached hydrogens (primary N) is 1. The van der Waals surface area contributed by atoms with Crippen LogP contribution in [0.5, 0.6) is 0 Å². The van der Waals surface area contributed by atoms with Gasteiger partial charge in [0.05, 0.1) is 0 Å². The topological polar surface area (TPSA) is 81.1 Å². The number of anilines is 1. The van der Waals surface area contributed by atoms with Crippen LogP contribution in [0.2, 0.25) is 0 Å². The van der Waals surface area contributed by atoms with Crippen molar-refractivity contribution >= 4 is 11.5 Å². The average molecular weight is 268 g/mol. The molecule has 0 aliphatic heterocycles. The van der Waals surface area contributed by atoms with Gasteiger partial charge >= 0.3 is 0 Å². The molecule has 0 spiro atoms. The number of fused-ring (bicyclic) bond motifs is 1. The van der Waals surface area contributed by atoms with E-state index in [1.165, 1.54) is 11.1 Å². The van der Waals surface area contributed by atoms with Gasteiger partial charge in [-0.05, 0) is 24.1 Å². The largest absolute Gasteiger partial charge is 0.363 e. The van der Waals surface area contributed by atoms with Crippen LogP contribution >= 0.6 is 0 Å². The third-order valence-corrected chi connectivity index (χ3v) is 3.13. The second-order valence-corrected chi connectivity index (χ2v) is 4.55. The first-order valence-corrected chi connectivity index (χ1v) is 6.53. The van der Waals surface area contributed by atoms with Crippen molar-refractivity contribution in [1.82, 2.24) is 19.6 Å². The van der Waals surface area contributed by atoms with Crippen molar-refractivity contribution in [2.75, 3.05) is 11.9 Å². The zero-order valence-electron chi connectivity index (χ0n) is 11.0. The Labute approximate surface area is 116 Å². The highest BCUT2D eigenvalue weighted by atomic mass is 15.2. The monoisotopic (exact) mass is 268 g/mol. The molecule has 2 aromatic heterocycles. The minimum Gasteiger partial charge on any atom is -0.363 e. The molecule has 6 nitrogen and oxygen atoms in total. The fourth-order valence-corrected chi connectivity index (χ4v) is 2.06. The van der Waals surface area contributed by atoms with Gasteiger partial charge in [-0.3, -0.25) is 4.40 Å². The van der Waals surface area contributed by atoms with Gasteiger partial charge in [-0.25, -0.2) is 4.98 Å². The fourth-order valence-electron chi connectivity index (χ4n) is 2.06. The normalized spacial score (nSPS) is 10.8. The Morgan fingerprint density at radius 1 is 1.15 bits per heavy atom. The molecule has 3 rings (SSSR count). The lowest BCUT2D eigenvalue weighted by Gasteiger charge is -2.07. The van der Waals surface area contributed by atoms with Crippen LogP contribution in [0.25, 0.3) is 5.65 Å². The number of nitrogens with zero attached hydrogens (tertiary/aromatic N) is 4. The van der Waals surface area contributed by atoms with Gasteiger partial charge in [-0.1, -0.05) is 24.3 Å². The molecule has 0 fully saturated rings. The summed E-state index contributed by atoms with van der Waals surface area (Å²) in [6, 6.07) is 8.41. The SMILES string of the molecule is NCCc1ccc(CNc2nccn3cnnc23)cc1. The highest BCUT2D eigenvalue weighted by molar-refractivity contribution is 5.61. The Bertz CT molecular complexity index is 688. The lowest BCUT2D eigenvalue weighted by atomic mass is 10.1. The Balaban J connectivity index is 1.71.